The van der Waals surface area contributed by atoms with Crippen LogP contribution >= 0.6 is 11.8 Å². The SMILES string of the molecule is OCCOCCSc1ccc(CNC2CC2)cc1. The van der Waals surface area contributed by atoms with Gasteiger partial charge in [-0.05, 0) is 30.5 Å². The molecular weight excluding hydrogens is 246 g/mol. The monoisotopic (exact) mass is 267 g/mol. The van der Waals surface area contributed by atoms with Crippen LogP contribution in [0, 0.1) is 0 Å². The van der Waals surface area contributed by atoms with Crippen molar-refractivity contribution in [1.82, 2.24) is 5.32 Å². The Kier molecular flexibility index (Phi) is 6.00. The molecule has 1 saturated carbocycles. The van der Waals surface area contributed by atoms with Gasteiger partial charge in [0.2, 0.25) is 0 Å². The van der Waals surface area contributed by atoms with Gasteiger partial charge in [-0.25, -0.2) is 0 Å². The highest BCUT2D eigenvalue weighted by Gasteiger charge is 2.19. The fraction of sp³-hybridized carbons (Fsp3) is 0.571. The minimum absolute atomic E-state index is 0.105. The molecule has 0 aromatic heterocycles. The lowest BCUT2D eigenvalue weighted by atomic mass is 10.2. The molecule has 0 amide bonds. The van der Waals surface area contributed by atoms with E-state index in [9.17, 15) is 0 Å². The van der Waals surface area contributed by atoms with E-state index >= 15 is 0 Å². The van der Waals surface area contributed by atoms with Crippen molar-refractivity contribution >= 4 is 11.8 Å². The van der Waals surface area contributed by atoms with E-state index in [2.05, 4.69) is 29.6 Å². The van der Waals surface area contributed by atoms with Gasteiger partial charge in [0, 0.05) is 23.2 Å². The number of nitrogens with one attached hydrogen (secondary N) is 1. The van der Waals surface area contributed by atoms with Crippen molar-refractivity contribution in [2.75, 3.05) is 25.6 Å². The molecule has 3 nitrogen and oxygen atoms in total. The molecule has 2 N–H and O–H groups in total. The van der Waals surface area contributed by atoms with E-state index in [0.717, 1.165) is 18.3 Å². The second-order valence-electron chi connectivity index (χ2n) is 4.48. The summed E-state index contributed by atoms with van der Waals surface area (Å²) >= 11 is 1.79. The van der Waals surface area contributed by atoms with E-state index in [4.69, 9.17) is 9.84 Å². The Balaban J connectivity index is 1.63. The molecule has 1 aromatic carbocycles. The quantitative estimate of drug-likeness (QED) is 0.531. The molecule has 1 aliphatic rings. The minimum atomic E-state index is 0.105. The predicted octanol–water partition coefficient (Wildman–Crippen LogP) is 2.04. The number of ether oxygens (including phenoxy) is 1. The van der Waals surface area contributed by atoms with Gasteiger partial charge in [0.05, 0.1) is 19.8 Å². The van der Waals surface area contributed by atoms with Gasteiger partial charge in [-0.1, -0.05) is 12.1 Å². The van der Waals surface area contributed by atoms with Gasteiger partial charge in [0.1, 0.15) is 0 Å². The largest absolute Gasteiger partial charge is 0.394 e. The molecular formula is C14H21NO2S. The van der Waals surface area contributed by atoms with Crippen LogP contribution in [-0.4, -0.2) is 36.7 Å². The van der Waals surface area contributed by atoms with E-state index in [1.54, 1.807) is 11.8 Å². The number of thioether (sulfide) groups is 1. The molecule has 1 fully saturated rings. The third kappa shape index (κ3) is 5.40. The van der Waals surface area contributed by atoms with Crippen molar-refractivity contribution in [1.29, 1.82) is 0 Å². The van der Waals surface area contributed by atoms with E-state index in [-0.39, 0.29) is 6.61 Å². The summed E-state index contributed by atoms with van der Waals surface area (Å²) in [5.74, 6) is 0.930. The molecule has 0 atom stereocenters. The van der Waals surface area contributed by atoms with Crippen LogP contribution in [0.1, 0.15) is 18.4 Å². The number of rotatable bonds is 9. The molecule has 0 unspecified atom stereocenters. The second kappa shape index (κ2) is 7.79. The fourth-order valence-electron chi connectivity index (χ4n) is 1.64. The van der Waals surface area contributed by atoms with Crippen molar-refractivity contribution in [3.8, 4) is 0 Å². The van der Waals surface area contributed by atoms with Crippen LogP contribution in [0.3, 0.4) is 0 Å². The lowest BCUT2D eigenvalue weighted by Crippen LogP contribution is -2.14. The molecule has 1 aromatic rings. The Hall–Kier alpha value is -0.550. The van der Waals surface area contributed by atoms with Gasteiger partial charge in [0.15, 0.2) is 0 Å². The van der Waals surface area contributed by atoms with Gasteiger partial charge < -0.3 is 15.2 Å². The van der Waals surface area contributed by atoms with Crippen molar-refractivity contribution in [2.45, 2.75) is 30.3 Å². The topological polar surface area (TPSA) is 41.5 Å². The number of hydrogen-bond donors (Lipinski definition) is 2. The maximum atomic E-state index is 8.57. The average molecular weight is 267 g/mol. The van der Waals surface area contributed by atoms with Crippen LogP contribution in [0.5, 0.6) is 0 Å². The first-order chi connectivity index (χ1) is 8.88. The molecule has 0 radical (unpaired) electrons. The van der Waals surface area contributed by atoms with Gasteiger partial charge in [-0.3, -0.25) is 0 Å². The number of aliphatic hydroxyl groups excluding tert-OH is 1. The number of aliphatic hydroxyl groups is 1. The normalized spacial score (nSPS) is 14.9. The first-order valence-corrected chi connectivity index (χ1v) is 7.51. The highest BCUT2D eigenvalue weighted by molar-refractivity contribution is 7.99. The zero-order chi connectivity index (χ0) is 12.6. The molecule has 0 saturated heterocycles. The molecule has 0 aliphatic heterocycles. The van der Waals surface area contributed by atoms with Crippen LogP contribution in [0.15, 0.2) is 29.2 Å². The van der Waals surface area contributed by atoms with E-state index < -0.39 is 0 Å². The molecule has 100 valence electrons. The van der Waals surface area contributed by atoms with E-state index in [1.165, 1.54) is 23.3 Å². The van der Waals surface area contributed by atoms with Gasteiger partial charge in [-0.15, -0.1) is 11.8 Å². The lowest BCUT2D eigenvalue weighted by molar-refractivity contribution is 0.103. The molecule has 0 bridgehead atoms. The summed E-state index contributed by atoms with van der Waals surface area (Å²) in [6.07, 6.45) is 2.67. The summed E-state index contributed by atoms with van der Waals surface area (Å²) in [6, 6.07) is 9.47. The Morgan fingerprint density at radius 2 is 2.00 bits per heavy atom. The molecule has 0 heterocycles. The number of hydrogen-bond acceptors (Lipinski definition) is 4. The van der Waals surface area contributed by atoms with Crippen molar-refractivity contribution in [2.24, 2.45) is 0 Å². The highest BCUT2D eigenvalue weighted by Crippen LogP contribution is 2.21. The first kappa shape index (κ1) is 13.9. The maximum Gasteiger partial charge on any atom is 0.0698 e. The summed E-state index contributed by atoms with van der Waals surface area (Å²) < 4.78 is 5.22. The predicted molar refractivity (Wildman–Crippen MR) is 74.9 cm³/mol. The highest BCUT2D eigenvalue weighted by atomic mass is 32.2. The van der Waals surface area contributed by atoms with Gasteiger partial charge >= 0.3 is 0 Å². The lowest BCUT2D eigenvalue weighted by Gasteiger charge is -2.05. The summed E-state index contributed by atoms with van der Waals surface area (Å²) in [5.41, 5.74) is 1.35. The molecule has 4 heteroatoms. The Bertz CT molecular complexity index is 338. The minimum Gasteiger partial charge on any atom is -0.394 e. The molecule has 1 aliphatic carbocycles. The smallest absolute Gasteiger partial charge is 0.0698 e. The Morgan fingerprint density at radius 3 is 2.67 bits per heavy atom. The van der Waals surface area contributed by atoms with Crippen LogP contribution < -0.4 is 5.32 Å². The van der Waals surface area contributed by atoms with Crippen molar-refractivity contribution in [3.63, 3.8) is 0 Å². The Morgan fingerprint density at radius 1 is 1.22 bits per heavy atom. The van der Waals surface area contributed by atoms with E-state index in [0.29, 0.717) is 13.2 Å². The third-order valence-corrected chi connectivity index (χ3v) is 3.80. The number of benzene rings is 1. The molecule has 0 spiro atoms. The standard InChI is InChI=1S/C14H21NO2S/c16-7-8-17-9-10-18-14-5-1-12(2-6-14)11-15-13-3-4-13/h1-2,5-6,13,15-16H,3-4,7-11H2. The summed E-state index contributed by atoms with van der Waals surface area (Å²) in [7, 11) is 0. The zero-order valence-electron chi connectivity index (χ0n) is 10.6. The summed E-state index contributed by atoms with van der Waals surface area (Å²) in [6.45, 7) is 2.21. The van der Waals surface area contributed by atoms with E-state index in [1.807, 2.05) is 0 Å². The van der Waals surface area contributed by atoms with Crippen LogP contribution in [0.4, 0.5) is 0 Å². The van der Waals surface area contributed by atoms with Crippen LogP contribution in [-0.2, 0) is 11.3 Å². The Labute approximate surface area is 113 Å². The van der Waals surface area contributed by atoms with Crippen LogP contribution in [0.25, 0.3) is 0 Å². The first-order valence-electron chi connectivity index (χ1n) is 6.52. The summed E-state index contributed by atoms with van der Waals surface area (Å²) in [4.78, 5) is 1.28. The zero-order valence-corrected chi connectivity index (χ0v) is 11.4. The average Bonchev–Trinajstić information content (AvgIpc) is 3.22. The molecule has 2 rings (SSSR count). The van der Waals surface area contributed by atoms with Gasteiger partial charge in [0.25, 0.3) is 0 Å². The van der Waals surface area contributed by atoms with Gasteiger partial charge in [-0.2, -0.15) is 0 Å². The molecule has 18 heavy (non-hydrogen) atoms. The summed E-state index contributed by atoms with van der Waals surface area (Å²) in [5, 5.41) is 12.1. The third-order valence-electron chi connectivity index (χ3n) is 2.83. The fourth-order valence-corrected chi connectivity index (χ4v) is 2.40. The second-order valence-corrected chi connectivity index (χ2v) is 5.65. The maximum absolute atomic E-state index is 8.57. The van der Waals surface area contributed by atoms with Crippen molar-refractivity contribution < 1.29 is 9.84 Å². The van der Waals surface area contributed by atoms with Crippen LogP contribution in [0.2, 0.25) is 0 Å². The van der Waals surface area contributed by atoms with Crippen molar-refractivity contribution in [3.05, 3.63) is 29.8 Å².